The van der Waals surface area contributed by atoms with Crippen LogP contribution in [0.15, 0.2) is 71.0 Å². The molecule has 0 radical (unpaired) electrons. The Bertz CT molecular complexity index is 1150. The number of hydrogen-bond donors (Lipinski definition) is 0. The van der Waals surface area contributed by atoms with Crippen molar-refractivity contribution < 1.29 is 13.2 Å². The number of anilines is 2. The van der Waals surface area contributed by atoms with Crippen molar-refractivity contribution in [2.24, 2.45) is 5.10 Å². The van der Waals surface area contributed by atoms with E-state index in [0.29, 0.717) is 5.69 Å². The first-order chi connectivity index (χ1) is 15.2. The largest absolute Gasteiger partial charge is 0.435 e. The number of para-hydroxylation sites is 1. The second-order valence-corrected chi connectivity index (χ2v) is 9.28. The smallest absolute Gasteiger partial charge is 0.344 e. The maximum absolute atomic E-state index is 13.8. The van der Waals surface area contributed by atoms with Gasteiger partial charge in [-0.3, -0.25) is 5.01 Å². The third kappa shape index (κ3) is 3.33. The zero-order valence-electron chi connectivity index (χ0n) is 18.5. The fraction of sp³-hybridized carbons (Fsp3) is 0.346. The molecule has 3 nitrogen and oxygen atoms in total. The molecule has 0 aliphatic carbocycles. The van der Waals surface area contributed by atoms with Crippen LogP contribution in [0.1, 0.15) is 37.0 Å². The monoisotopic (exact) mass is 437 g/mol. The molecule has 0 atom stereocenters. The van der Waals surface area contributed by atoms with Crippen LogP contribution in [0.3, 0.4) is 0 Å². The molecule has 0 amide bonds. The molecule has 0 aromatic heterocycles. The van der Waals surface area contributed by atoms with Gasteiger partial charge in [0.15, 0.2) is 5.71 Å². The van der Waals surface area contributed by atoms with Gasteiger partial charge in [-0.1, -0.05) is 55.8 Å². The fourth-order valence-electron chi connectivity index (χ4n) is 5.04. The van der Waals surface area contributed by atoms with E-state index in [9.17, 15) is 13.2 Å². The zero-order valence-corrected chi connectivity index (χ0v) is 18.5. The van der Waals surface area contributed by atoms with Crippen LogP contribution in [-0.2, 0) is 11.8 Å². The molecule has 0 unspecified atom stereocenters. The Morgan fingerprint density at radius 1 is 1.03 bits per heavy atom. The molecular weight excluding hydrogens is 411 g/mol. The predicted molar refractivity (Wildman–Crippen MR) is 123 cm³/mol. The molecule has 3 aliphatic rings. The highest BCUT2D eigenvalue weighted by atomic mass is 19.4. The van der Waals surface area contributed by atoms with Gasteiger partial charge >= 0.3 is 6.18 Å². The van der Waals surface area contributed by atoms with Gasteiger partial charge in [-0.15, -0.1) is 0 Å². The van der Waals surface area contributed by atoms with E-state index >= 15 is 0 Å². The third-order valence-electron chi connectivity index (χ3n) is 6.71. The first-order valence-corrected chi connectivity index (χ1v) is 11.0. The molecule has 0 spiro atoms. The predicted octanol–water partition coefficient (Wildman–Crippen LogP) is 6.29. The van der Waals surface area contributed by atoms with E-state index in [1.54, 1.807) is 18.2 Å². The highest BCUT2D eigenvalue weighted by molar-refractivity contribution is 6.07. The summed E-state index contributed by atoms with van der Waals surface area (Å²) >= 11 is 0. The van der Waals surface area contributed by atoms with Gasteiger partial charge in [-0.05, 0) is 49.1 Å². The van der Waals surface area contributed by atoms with E-state index in [-0.39, 0.29) is 17.5 Å². The zero-order chi connectivity index (χ0) is 22.7. The SMILES string of the molecule is Cc1ccc(N2CC(=CC=C3N4CCCc5cccc(c54)C3(C)C)C(C(F)(F)F)=N2)cc1. The number of hydrogen-bond acceptors (Lipinski definition) is 3. The average Bonchev–Trinajstić information content (AvgIpc) is 3.27. The van der Waals surface area contributed by atoms with E-state index in [2.05, 4.69) is 42.0 Å². The summed E-state index contributed by atoms with van der Waals surface area (Å²) in [7, 11) is 0. The number of nitrogens with zero attached hydrogens (tertiary/aromatic N) is 3. The Hall–Kier alpha value is -3.02. The third-order valence-corrected chi connectivity index (χ3v) is 6.71. The van der Waals surface area contributed by atoms with Gasteiger partial charge in [0.05, 0.1) is 12.2 Å². The Labute approximate surface area is 186 Å². The fourth-order valence-corrected chi connectivity index (χ4v) is 5.04. The molecule has 3 aliphatic heterocycles. The lowest BCUT2D eigenvalue weighted by atomic mass is 9.83. The molecule has 166 valence electrons. The van der Waals surface area contributed by atoms with E-state index < -0.39 is 11.9 Å². The van der Waals surface area contributed by atoms with Crippen LogP contribution in [0.2, 0.25) is 0 Å². The van der Waals surface area contributed by atoms with E-state index in [1.807, 2.05) is 25.1 Å². The van der Waals surface area contributed by atoms with E-state index in [4.69, 9.17) is 0 Å². The summed E-state index contributed by atoms with van der Waals surface area (Å²) < 4.78 is 41.4. The van der Waals surface area contributed by atoms with Crippen LogP contribution >= 0.6 is 0 Å². The van der Waals surface area contributed by atoms with Crippen molar-refractivity contribution in [1.82, 2.24) is 0 Å². The molecule has 3 heterocycles. The maximum atomic E-state index is 13.8. The van der Waals surface area contributed by atoms with Crippen molar-refractivity contribution in [2.45, 2.75) is 45.2 Å². The lowest BCUT2D eigenvalue weighted by molar-refractivity contribution is -0.0579. The maximum Gasteiger partial charge on any atom is 0.435 e. The van der Waals surface area contributed by atoms with Crippen molar-refractivity contribution in [2.75, 3.05) is 23.0 Å². The van der Waals surface area contributed by atoms with E-state index in [1.165, 1.54) is 21.8 Å². The van der Waals surface area contributed by atoms with Crippen LogP contribution in [-0.4, -0.2) is 25.0 Å². The highest BCUT2D eigenvalue weighted by Gasteiger charge is 2.44. The number of alkyl halides is 3. The van der Waals surface area contributed by atoms with Crippen LogP contribution in [0.4, 0.5) is 24.5 Å². The average molecular weight is 438 g/mol. The molecular formula is C26H26F3N3. The molecule has 2 aromatic carbocycles. The second kappa shape index (κ2) is 7.26. The first-order valence-electron chi connectivity index (χ1n) is 11.0. The van der Waals surface area contributed by atoms with Crippen molar-refractivity contribution in [3.8, 4) is 0 Å². The summed E-state index contributed by atoms with van der Waals surface area (Å²) in [6.07, 6.45) is 1.08. The molecule has 0 saturated heterocycles. The second-order valence-electron chi connectivity index (χ2n) is 9.28. The van der Waals surface area contributed by atoms with Gasteiger partial charge in [-0.25, -0.2) is 0 Å². The van der Waals surface area contributed by atoms with E-state index in [0.717, 1.165) is 30.6 Å². The Balaban J connectivity index is 1.53. The Kier molecular flexibility index (Phi) is 4.73. The molecule has 5 rings (SSSR count). The number of hydrazone groups is 1. The summed E-state index contributed by atoms with van der Waals surface area (Å²) in [5.41, 5.74) is 5.67. The Morgan fingerprint density at radius 3 is 2.50 bits per heavy atom. The van der Waals surface area contributed by atoms with Crippen molar-refractivity contribution >= 4 is 17.1 Å². The lowest BCUT2D eigenvalue weighted by Gasteiger charge is -2.30. The minimum atomic E-state index is -4.50. The number of aryl methyl sites for hydroxylation is 2. The number of halogens is 3. The minimum absolute atomic E-state index is 0.0975. The molecule has 0 bridgehead atoms. The van der Waals surface area contributed by atoms with Crippen molar-refractivity contribution in [1.29, 1.82) is 0 Å². The minimum Gasteiger partial charge on any atom is -0.344 e. The van der Waals surface area contributed by atoms with Gasteiger partial charge in [0.1, 0.15) is 0 Å². The molecule has 0 fully saturated rings. The molecule has 0 N–H and O–H groups in total. The molecule has 0 saturated carbocycles. The number of allylic oxidation sites excluding steroid dienone is 3. The molecule has 2 aromatic rings. The van der Waals surface area contributed by atoms with Crippen LogP contribution < -0.4 is 9.91 Å². The van der Waals surface area contributed by atoms with Gasteiger partial charge in [0, 0.05) is 28.9 Å². The van der Waals surface area contributed by atoms with Crippen molar-refractivity contribution in [3.05, 3.63) is 82.6 Å². The lowest BCUT2D eigenvalue weighted by Crippen LogP contribution is -2.29. The normalized spacial score (nSPS) is 22.0. The number of rotatable bonds is 2. The topological polar surface area (TPSA) is 18.8 Å². The van der Waals surface area contributed by atoms with Crippen LogP contribution in [0.25, 0.3) is 0 Å². The summed E-state index contributed by atoms with van der Waals surface area (Å²) in [4.78, 5) is 2.29. The summed E-state index contributed by atoms with van der Waals surface area (Å²) in [5, 5.41) is 5.37. The summed E-state index contributed by atoms with van der Waals surface area (Å²) in [6.45, 7) is 7.23. The van der Waals surface area contributed by atoms with Gasteiger partial charge < -0.3 is 4.90 Å². The summed E-state index contributed by atoms with van der Waals surface area (Å²) in [6, 6.07) is 13.8. The quantitative estimate of drug-likeness (QED) is 0.550. The highest BCUT2D eigenvalue weighted by Crippen LogP contribution is 2.51. The number of benzene rings is 2. The van der Waals surface area contributed by atoms with Gasteiger partial charge in [0.25, 0.3) is 0 Å². The first kappa shape index (κ1) is 20.9. The molecule has 6 heteroatoms. The Morgan fingerprint density at radius 2 is 1.78 bits per heavy atom. The van der Waals surface area contributed by atoms with Crippen molar-refractivity contribution in [3.63, 3.8) is 0 Å². The van der Waals surface area contributed by atoms with Crippen LogP contribution in [0, 0.1) is 6.92 Å². The van der Waals surface area contributed by atoms with Gasteiger partial charge in [0.2, 0.25) is 0 Å². The van der Waals surface area contributed by atoms with Gasteiger partial charge in [-0.2, -0.15) is 18.3 Å². The summed E-state index contributed by atoms with van der Waals surface area (Å²) in [5.74, 6) is 0. The van der Waals surface area contributed by atoms with Crippen LogP contribution in [0.5, 0.6) is 0 Å². The molecule has 32 heavy (non-hydrogen) atoms. The standard InChI is InChI=1S/C26H26F3N3/c1-17-9-12-20(13-10-17)32-16-19(24(30-32)26(27,28)29)11-14-22-25(2,3)21-8-4-6-18-7-5-15-31(22)23(18)21/h4,6,8-14H,5,7,15-16H2,1-3H3.